The number of carboxylic acid groups (broad SMARTS) is 1. The second-order valence-corrected chi connectivity index (χ2v) is 5.61. The summed E-state index contributed by atoms with van der Waals surface area (Å²) < 4.78 is 4.89. The van der Waals surface area contributed by atoms with Gasteiger partial charge in [-0.1, -0.05) is 17.3 Å². The zero-order valence-electron chi connectivity index (χ0n) is 12.2. The molecule has 1 amide bonds. The molecule has 0 spiro atoms. The standard InChI is InChI=1S/C15H16N2O4S/c1-9-7-13(21-17-9)15(20)16-12(8-14(18)19)10-3-5-11(22-2)6-4-10/h3-7,12H,8H2,1-2H3,(H,16,20)(H,18,19). The van der Waals surface area contributed by atoms with E-state index in [9.17, 15) is 9.59 Å². The molecule has 0 aliphatic heterocycles. The van der Waals surface area contributed by atoms with E-state index in [1.165, 1.54) is 6.07 Å². The monoisotopic (exact) mass is 320 g/mol. The highest BCUT2D eigenvalue weighted by Gasteiger charge is 2.21. The van der Waals surface area contributed by atoms with E-state index in [2.05, 4.69) is 10.5 Å². The Morgan fingerprint density at radius 3 is 2.55 bits per heavy atom. The van der Waals surface area contributed by atoms with Crippen molar-refractivity contribution in [2.24, 2.45) is 0 Å². The maximum Gasteiger partial charge on any atom is 0.305 e. The number of carbonyl (C=O) groups excluding carboxylic acids is 1. The first-order valence-corrected chi connectivity index (χ1v) is 7.82. The van der Waals surface area contributed by atoms with E-state index in [4.69, 9.17) is 9.63 Å². The molecule has 1 aromatic carbocycles. The van der Waals surface area contributed by atoms with E-state index in [-0.39, 0.29) is 12.2 Å². The van der Waals surface area contributed by atoms with Gasteiger partial charge in [0, 0.05) is 11.0 Å². The number of nitrogens with zero attached hydrogens (tertiary/aromatic N) is 1. The summed E-state index contributed by atoms with van der Waals surface area (Å²) in [6.07, 6.45) is 1.75. The number of nitrogens with one attached hydrogen (secondary N) is 1. The van der Waals surface area contributed by atoms with Crippen molar-refractivity contribution in [1.29, 1.82) is 0 Å². The van der Waals surface area contributed by atoms with Crippen LogP contribution in [0.15, 0.2) is 39.8 Å². The molecule has 6 nitrogen and oxygen atoms in total. The minimum absolute atomic E-state index is 0.0635. The third-order valence-corrected chi connectivity index (χ3v) is 3.80. The lowest BCUT2D eigenvalue weighted by molar-refractivity contribution is -0.137. The Balaban J connectivity index is 2.18. The maximum atomic E-state index is 12.1. The molecule has 116 valence electrons. The summed E-state index contributed by atoms with van der Waals surface area (Å²) in [5, 5.41) is 15.4. The number of carbonyl (C=O) groups is 2. The van der Waals surface area contributed by atoms with Crippen molar-refractivity contribution in [2.45, 2.75) is 24.3 Å². The second-order valence-electron chi connectivity index (χ2n) is 4.73. The average Bonchev–Trinajstić information content (AvgIpc) is 2.93. The number of rotatable bonds is 6. The van der Waals surface area contributed by atoms with Gasteiger partial charge in [-0.15, -0.1) is 11.8 Å². The van der Waals surface area contributed by atoms with Gasteiger partial charge >= 0.3 is 5.97 Å². The summed E-state index contributed by atoms with van der Waals surface area (Å²) in [6.45, 7) is 1.70. The van der Waals surface area contributed by atoms with Crippen molar-refractivity contribution < 1.29 is 19.2 Å². The normalized spacial score (nSPS) is 11.9. The molecule has 0 bridgehead atoms. The molecule has 0 saturated heterocycles. The van der Waals surface area contributed by atoms with E-state index >= 15 is 0 Å². The lowest BCUT2D eigenvalue weighted by Crippen LogP contribution is -2.30. The van der Waals surface area contributed by atoms with Crippen molar-refractivity contribution in [3.05, 3.63) is 47.3 Å². The molecule has 0 aliphatic carbocycles. The van der Waals surface area contributed by atoms with E-state index in [1.54, 1.807) is 18.7 Å². The average molecular weight is 320 g/mol. The van der Waals surface area contributed by atoms with Crippen molar-refractivity contribution >= 4 is 23.6 Å². The lowest BCUT2D eigenvalue weighted by atomic mass is 10.0. The van der Waals surface area contributed by atoms with Crippen LogP contribution in [0.2, 0.25) is 0 Å². The summed E-state index contributed by atoms with van der Waals surface area (Å²) in [5.74, 6) is -1.41. The molecular weight excluding hydrogens is 304 g/mol. The van der Waals surface area contributed by atoms with E-state index in [0.29, 0.717) is 5.69 Å². The maximum absolute atomic E-state index is 12.1. The zero-order valence-corrected chi connectivity index (χ0v) is 13.0. The predicted octanol–water partition coefficient (Wildman–Crippen LogP) is 2.65. The summed E-state index contributed by atoms with van der Waals surface area (Å²) >= 11 is 1.59. The number of aliphatic carboxylic acids is 1. The number of hydrogen-bond donors (Lipinski definition) is 2. The van der Waals surface area contributed by atoms with Crippen molar-refractivity contribution in [3.8, 4) is 0 Å². The SMILES string of the molecule is CSc1ccc(C(CC(=O)O)NC(=O)c2cc(C)no2)cc1. The van der Waals surface area contributed by atoms with Crippen molar-refractivity contribution in [2.75, 3.05) is 6.26 Å². The molecule has 1 unspecified atom stereocenters. The molecule has 7 heteroatoms. The van der Waals surface area contributed by atoms with Gasteiger partial charge in [0.25, 0.3) is 5.91 Å². The zero-order chi connectivity index (χ0) is 16.1. The van der Waals surface area contributed by atoms with Crippen molar-refractivity contribution in [3.63, 3.8) is 0 Å². The predicted molar refractivity (Wildman–Crippen MR) is 81.9 cm³/mol. The molecule has 0 aliphatic rings. The Labute approximate surface area is 131 Å². The van der Waals surface area contributed by atoms with Crippen LogP contribution >= 0.6 is 11.8 Å². The topological polar surface area (TPSA) is 92.4 Å². The summed E-state index contributed by atoms with van der Waals surface area (Å²) in [7, 11) is 0. The second kappa shape index (κ2) is 7.13. The Kier molecular flexibility index (Phi) is 5.21. The number of aryl methyl sites for hydroxylation is 1. The highest BCUT2D eigenvalue weighted by atomic mass is 32.2. The molecule has 1 aromatic heterocycles. The van der Waals surface area contributed by atoms with Gasteiger partial charge in [0.05, 0.1) is 18.2 Å². The minimum atomic E-state index is -0.993. The Hall–Kier alpha value is -2.28. The van der Waals surface area contributed by atoms with Crippen LogP contribution in [-0.4, -0.2) is 28.4 Å². The molecule has 0 fully saturated rings. The highest BCUT2D eigenvalue weighted by molar-refractivity contribution is 7.98. The molecule has 0 radical (unpaired) electrons. The van der Waals surface area contributed by atoms with Gasteiger partial charge in [-0.2, -0.15) is 0 Å². The smallest absolute Gasteiger partial charge is 0.305 e. The highest BCUT2D eigenvalue weighted by Crippen LogP contribution is 2.22. The summed E-state index contributed by atoms with van der Waals surface area (Å²) in [6, 6.07) is 8.27. The minimum Gasteiger partial charge on any atom is -0.481 e. The Morgan fingerprint density at radius 1 is 1.36 bits per heavy atom. The van der Waals surface area contributed by atoms with Crippen LogP contribution in [0.25, 0.3) is 0 Å². The van der Waals surface area contributed by atoms with Crippen LogP contribution in [0, 0.1) is 6.92 Å². The third-order valence-electron chi connectivity index (χ3n) is 3.05. The van der Waals surface area contributed by atoms with Gasteiger partial charge in [0.2, 0.25) is 5.76 Å². The van der Waals surface area contributed by atoms with Gasteiger partial charge < -0.3 is 14.9 Å². The fraction of sp³-hybridized carbons (Fsp3) is 0.267. The van der Waals surface area contributed by atoms with Gasteiger partial charge in [0.1, 0.15) is 0 Å². The number of thioether (sulfide) groups is 1. The number of benzene rings is 1. The molecule has 2 aromatic rings. The van der Waals surface area contributed by atoms with Crippen LogP contribution in [0.5, 0.6) is 0 Å². The number of carboxylic acids is 1. The molecule has 22 heavy (non-hydrogen) atoms. The van der Waals surface area contributed by atoms with E-state index < -0.39 is 17.9 Å². The fourth-order valence-corrected chi connectivity index (χ4v) is 2.37. The van der Waals surface area contributed by atoms with Gasteiger partial charge in [-0.05, 0) is 30.9 Å². The van der Waals surface area contributed by atoms with Gasteiger partial charge in [0.15, 0.2) is 0 Å². The molecule has 2 N–H and O–H groups in total. The molecule has 1 heterocycles. The molecule has 1 atom stereocenters. The van der Waals surface area contributed by atoms with E-state index in [1.807, 2.05) is 30.5 Å². The first-order valence-electron chi connectivity index (χ1n) is 6.59. The molecule has 2 rings (SSSR count). The van der Waals surface area contributed by atoms with Crippen LogP contribution in [0.3, 0.4) is 0 Å². The van der Waals surface area contributed by atoms with Crippen LogP contribution < -0.4 is 5.32 Å². The van der Waals surface area contributed by atoms with E-state index in [0.717, 1.165) is 10.5 Å². The molecular formula is C15H16N2O4S. The lowest BCUT2D eigenvalue weighted by Gasteiger charge is -2.16. The first kappa shape index (κ1) is 16.1. The molecule has 0 saturated carbocycles. The quantitative estimate of drug-likeness (QED) is 0.795. The van der Waals surface area contributed by atoms with Gasteiger partial charge in [-0.3, -0.25) is 9.59 Å². The van der Waals surface area contributed by atoms with Crippen molar-refractivity contribution in [1.82, 2.24) is 10.5 Å². The number of hydrogen-bond acceptors (Lipinski definition) is 5. The van der Waals surface area contributed by atoms with Crippen LogP contribution in [0.1, 0.15) is 34.3 Å². The fourth-order valence-electron chi connectivity index (χ4n) is 1.96. The largest absolute Gasteiger partial charge is 0.481 e. The Morgan fingerprint density at radius 2 is 2.05 bits per heavy atom. The summed E-state index contributed by atoms with van der Waals surface area (Å²) in [5.41, 5.74) is 1.31. The van der Waals surface area contributed by atoms with Crippen LogP contribution in [-0.2, 0) is 4.79 Å². The van der Waals surface area contributed by atoms with Gasteiger partial charge in [-0.25, -0.2) is 0 Å². The Bertz CT molecular complexity index is 666. The van der Waals surface area contributed by atoms with Crippen LogP contribution in [0.4, 0.5) is 0 Å². The summed E-state index contributed by atoms with van der Waals surface area (Å²) in [4.78, 5) is 24.2. The third kappa shape index (κ3) is 4.11. The number of amides is 1. The number of aromatic nitrogens is 1. The first-order chi connectivity index (χ1) is 10.5.